The van der Waals surface area contributed by atoms with Gasteiger partial charge in [0.15, 0.2) is 5.82 Å². The summed E-state index contributed by atoms with van der Waals surface area (Å²) in [4.78, 5) is 3.85. The molecule has 1 unspecified atom stereocenters. The van der Waals surface area contributed by atoms with E-state index in [1.165, 1.54) is 30.6 Å². The van der Waals surface area contributed by atoms with Crippen LogP contribution >= 0.6 is 11.3 Å². The number of aromatic nitrogens is 4. The quantitative estimate of drug-likeness (QED) is 0.817. The van der Waals surface area contributed by atoms with Crippen molar-refractivity contribution in [1.82, 2.24) is 25.1 Å². The number of hydrogen-bond acceptors (Lipinski definition) is 6. The van der Waals surface area contributed by atoms with Gasteiger partial charge < -0.3 is 4.74 Å². The van der Waals surface area contributed by atoms with Gasteiger partial charge in [0, 0.05) is 12.0 Å². The third kappa shape index (κ3) is 3.53. The van der Waals surface area contributed by atoms with Crippen molar-refractivity contribution in [3.63, 3.8) is 0 Å². The van der Waals surface area contributed by atoms with Crippen LogP contribution in [0.5, 0.6) is 0 Å². The van der Waals surface area contributed by atoms with Crippen LogP contribution in [0.3, 0.4) is 0 Å². The zero-order valence-corrected chi connectivity index (χ0v) is 13.8. The molecule has 120 valence electrons. The van der Waals surface area contributed by atoms with E-state index in [-0.39, 0.29) is 6.04 Å². The molecule has 1 aliphatic rings. The van der Waals surface area contributed by atoms with Crippen molar-refractivity contribution in [2.45, 2.75) is 38.3 Å². The molecule has 0 N–H and O–H groups in total. The molecule has 0 bridgehead atoms. The Labute approximate surface area is 135 Å². The number of hydrogen-bond donors (Lipinski definition) is 0. The van der Waals surface area contributed by atoms with Gasteiger partial charge in [-0.25, -0.2) is 4.68 Å². The van der Waals surface area contributed by atoms with Crippen molar-refractivity contribution in [2.75, 3.05) is 26.8 Å². The molecule has 1 saturated heterocycles. The minimum absolute atomic E-state index is 0.157. The molecular formula is C15H23N5OS. The summed E-state index contributed by atoms with van der Waals surface area (Å²) in [6, 6.07) is 4.45. The van der Waals surface area contributed by atoms with Gasteiger partial charge in [0.2, 0.25) is 0 Å². The molecule has 2 aromatic heterocycles. The van der Waals surface area contributed by atoms with Crippen LogP contribution in [0.15, 0.2) is 17.5 Å². The molecule has 22 heavy (non-hydrogen) atoms. The van der Waals surface area contributed by atoms with Crippen molar-refractivity contribution in [1.29, 1.82) is 0 Å². The molecule has 3 heterocycles. The molecule has 0 spiro atoms. The lowest BCUT2D eigenvalue weighted by atomic mass is 10.1. The Hall–Kier alpha value is -1.31. The van der Waals surface area contributed by atoms with Crippen LogP contribution in [0, 0.1) is 0 Å². The molecule has 7 heteroatoms. The highest BCUT2D eigenvalue weighted by molar-refractivity contribution is 7.10. The highest BCUT2D eigenvalue weighted by atomic mass is 32.1. The maximum Gasteiger partial charge on any atom is 0.173 e. The van der Waals surface area contributed by atoms with Crippen LogP contribution in [-0.4, -0.2) is 51.9 Å². The fraction of sp³-hybridized carbons (Fsp3) is 0.667. The van der Waals surface area contributed by atoms with E-state index in [0.717, 1.165) is 18.9 Å². The van der Waals surface area contributed by atoms with Crippen LogP contribution in [-0.2, 0) is 11.3 Å². The third-order valence-corrected chi connectivity index (χ3v) is 5.05. The smallest absolute Gasteiger partial charge is 0.173 e. The first-order valence-electron chi connectivity index (χ1n) is 7.92. The molecule has 0 aliphatic carbocycles. The first-order valence-corrected chi connectivity index (χ1v) is 8.80. The number of methoxy groups -OCH3 is 1. The fourth-order valence-electron chi connectivity index (χ4n) is 3.02. The first-order chi connectivity index (χ1) is 10.9. The molecule has 3 rings (SSSR count). The Bertz CT molecular complexity index is 548. The standard InChI is InChI=1S/C15H23N5OS/c1-21-11-10-20-15(16-17-18-20)14(13-7-6-12-22-13)19-8-4-2-3-5-9-19/h6-7,12,14H,2-5,8-11H2,1H3. The zero-order chi connectivity index (χ0) is 15.2. The number of likely N-dealkylation sites (tertiary alicyclic amines) is 1. The van der Waals surface area contributed by atoms with Crippen LogP contribution in [0.1, 0.15) is 42.4 Å². The summed E-state index contributed by atoms with van der Waals surface area (Å²) in [6.07, 6.45) is 5.15. The Balaban J connectivity index is 1.90. The molecule has 2 aromatic rings. The predicted molar refractivity (Wildman–Crippen MR) is 85.9 cm³/mol. The van der Waals surface area contributed by atoms with Crippen LogP contribution in [0.2, 0.25) is 0 Å². The lowest BCUT2D eigenvalue weighted by Gasteiger charge is -2.29. The van der Waals surface area contributed by atoms with Crippen molar-refractivity contribution >= 4 is 11.3 Å². The van der Waals surface area contributed by atoms with E-state index in [9.17, 15) is 0 Å². The summed E-state index contributed by atoms with van der Waals surface area (Å²) in [5.74, 6) is 0.932. The number of nitrogens with zero attached hydrogens (tertiary/aromatic N) is 5. The topological polar surface area (TPSA) is 56.1 Å². The second-order valence-electron chi connectivity index (χ2n) is 5.62. The summed E-state index contributed by atoms with van der Waals surface area (Å²) in [5.41, 5.74) is 0. The second-order valence-corrected chi connectivity index (χ2v) is 6.60. The Morgan fingerprint density at radius 1 is 1.27 bits per heavy atom. The van der Waals surface area contributed by atoms with Gasteiger partial charge in [-0.2, -0.15) is 0 Å². The van der Waals surface area contributed by atoms with Gasteiger partial charge in [-0.15, -0.1) is 16.4 Å². The van der Waals surface area contributed by atoms with Gasteiger partial charge in [-0.1, -0.05) is 18.9 Å². The van der Waals surface area contributed by atoms with E-state index >= 15 is 0 Å². The highest BCUT2D eigenvalue weighted by Crippen LogP contribution is 2.32. The summed E-state index contributed by atoms with van der Waals surface area (Å²) in [5, 5.41) is 14.5. The van der Waals surface area contributed by atoms with Gasteiger partial charge in [0.05, 0.1) is 13.2 Å². The van der Waals surface area contributed by atoms with Gasteiger partial charge in [-0.05, 0) is 47.8 Å². The van der Waals surface area contributed by atoms with E-state index in [2.05, 4.69) is 37.9 Å². The highest BCUT2D eigenvalue weighted by Gasteiger charge is 2.28. The van der Waals surface area contributed by atoms with E-state index in [4.69, 9.17) is 4.74 Å². The van der Waals surface area contributed by atoms with Crippen LogP contribution in [0.4, 0.5) is 0 Å². The monoisotopic (exact) mass is 321 g/mol. The summed E-state index contributed by atoms with van der Waals surface area (Å²) < 4.78 is 7.07. The normalized spacial score (nSPS) is 18.2. The maximum atomic E-state index is 5.18. The minimum Gasteiger partial charge on any atom is -0.383 e. The first kappa shape index (κ1) is 15.6. The largest absolute Gasteiger partial charge is 0.383 e. The van der Waals surface area contributed by atoms with Gasteiger partial charge >= 0.3 is 0 Å². The third-order valence-electron chi connectivity index (χ3n) is 4.13. The van der Waals surface area contributed by atoms with Crippen molar-refractivity contribution in [3.8, 4) is 0 Å². The van der Waals surface area contributed by atoms with E-state index < -0.39 is 0 Å². The lowest BCUT2D eigenvalue weighted by molar-refractivity contribution is 0.175. The number of thiophene rings is 1. The predicted octanol–water partition coefficient (Wildman–Crippen LogP) is 2.35. The van der Waals surface area contributed by atoms with Gasteiger partial charge in [-0.3, -0.25) is 4.90 Å². The molecular weight excluding hydrogens is 298 g/mol. The molecule has 1 aliphatic heterocycles. The molecule has 0 radical (unpaired) electrons. The second kappa shape index (κ2) is 7.80. The average molecular weight is 321 g/mol. The summed E-state index contributed by atoms with van der Waals surface area (Å²) in [7, 11) is 1.70. The molecule has 0 saturated carbocycles. The number of tetrazole rings is 1. The molecule has 1 fully saturated rings. The average Bonchev–Trinajstić information content (AvgIpc) is 3.14. The Morgan fingerprint density at radius 3 is 2.77 bits per heavy atom. The van der Waals surface area contributed by atoms with E-state index in [1.54, 1.807) is 18.4 Å². The number of rotatable bonds is 6. The molecule has 6 nitrogen and oxygen atoms in total. The molecule has 1 atom stereocenters. The molecule has 0 amide bonds. The van der Waals surface area contributed by atoms with Crippen molar-refractivity contribution < 1.29 is 4.74 Å². The summed E-state index contributed by atoms with van der Waals surface area (Å²) >= 11 is 1.78. The van der Waals surface area contributed by atoms with E-state index in [1.807, 2.05) is 4.68 Å². The zero-order valence-electron chi connectivity index (χ0n) is 13.0. The molecule has 0 aromatic carbocycles. The lowest BCUT2D eigenvalue weighted by Crippen LogP contribution is -2.32. The van der Waals surface area contributed by atoms with E-state index in [0.29, 0.717) is 13.2 Å². The fourth-order valence-corrected chi connectivity index (χ4v) is 3.87. The Morgan fingerprint density at radius 2 is 2.09 bits per heavy atom. The minimum atomic E-state index is 0.157. The Kier molecular flexibility index (Phi) is 5.53. The SMILES string of the molecule is COCCn1nnnc1C(c1cccs1)N1CCCCCC1. The van der Waals surface area contributed by atoms with Gasteiger partial charge in [0.1, 0.15) is 6.04 Å². The summed E-state index contributed by atoms with van der Waals surface area (Å²) in [6.45, 7) is 3.53. The van der Waals surface area contributed by atoms with Crippen LogP contribution in [0.25, 0.3) is 0 Å². The van der Waals surface area contributed by atoms with Crippen molar-refractivity contribution in [2.24, 2.45) is 0 Å². The number of ether oxygens (including phenoxy) is 1. The van der Waals surface area contributed by atoms with Crippen LogP contribution < -0.4 is 0 Å². The maximum absolute atomic E-state index is 5.18. The van der Waals surface area contributed by atoms with Gasteiger partial charge in [0.25, 0.3) is 0 Å². The van der Waals surface area contributed by atoms with Crippen molar-refractivity contribution in [3.05, 3.63) is 28.2 Å².